The number of halogens is 2. The van der Waals surface area contributed by atoms with E-state index in [1.165, 1.54) is 5.56 Å². The molecular formula is C14H16Cl2N2. The molecule has 1 heterocycles. The van der Waals surface area contributed by atoms with E-state index in [4.69, 9.17) is 11.6 Å². The first kappa shape index (κ1) is 14.8. The van der Waals surface area contributed by atoms with Gasteiger partial charge in [-0.3, -0.25) is 0 Å². The molecule has 0 aliphatic heterocycles. The number of aromatic nitrogens is 1. The largest absolute Gasteiger partial charge is 1.00 e. The van der Waals surface area contributed by atoms with Crippen LogP contribution in [0.2, 0.25) is 5.02 Å². The molecule has 2 nitrogen and oxygen atoms in total. The van der Waals surface area contributed by atoms with Crippen LogP contribution in [0.1, 0.15) is 5.56 Å². The van der Waals surface area contributed by atoms with Crippen molar-refractivity contribution in [1.29, 1.82) is 0 Å². The highest BCUT2D eigenvalue weighted by molar-refractivity contribution is 6.33. The summed E-state index contributed by atoms with van der Waals surface area (Å²) in [5.74, 6) is 0. The van der Waals surface area contributed by atoms with Crippen molar-refractivity contribution in [3.05, 3.63) is 59.4 Å². The lowest BCUT2D eigenvalue weighted by Crippen LogP contribution is -3.00. The molecule has 1 aromatic heterocycles. The van der Waals surface area contributed by atoms with Crippen molar-refractivity contribution in [3.63, 3.8) is 0 Å². The first-order valence-electron chi connectivity index (χ1n) is 5.70. The zero-order valence-corrected chi connectivity index (χ0v) is 11.7. The molecule has 18 heavy (non-hydrogen) atoms. The number of aryl methyl sites for hydroxylation is 1. The van der Waals surface area contributed by atoms with Crippen molar-refractivity contribution in [1.82, 2.24) is 0 Å². The lowest BCUT2D eigenvalue weighted by atomic mass is 10.3. The molecule has 2 rings (SSSR count). The van der Waals surface area contributed by atoms with Crippen LogP contribution in [0.25, 0.3) is 0 Å². The van der Waals surface area contributed by atoms with Gasteiger partial charge in [-0.15, -0.1) is 0 Å². The van der Waals surface area contributed by atoms with Crippen LogP contribution in [0, 0.1) is 6.92 Å². The highest BCUT2D eigenvalue weighted by Crippen LogP contribution is 2.19. The smallest absolute Gasteiger partial charge is 0.169 e. The summed E-state index contributed by atoms with van der Waals surface area (Å²) in [6, 6.07) is 12.0. The third-order valence-corrected chi connectivity index (χ3v) is 2.95. The van der Waals surface area contributed by atoms with Crippen molar-refractivity contribution in [3.8, 4) is 0 Å². The zero-order chi connectivity index (χ0) is 12.1. The number of rotatable bonds is 4. The van der Waals surface area contributed by atoms with Crippen LogP contribution in [-0.2, 0) is 6.54 Å². The summed E-state index contributed by atoms with van der Waals surface area (Å²) in [5, 5.41) is 4.09. The maximum Gasteiger partial charge on any atom is 0.169 e. The second-order valence-electron chi connectivity index (χ2n) is 4.02. The molecule has 0 bridgehead atoms. The number of nitrogens with zero attached hydrogens (tertiary/aromatic N) is 1. The van der Waals surface area contributed by atoms with Gasteiger partial charge in [-0.25, -0.2) is 4.57 Å². The predicted molar refractivity (Wildman–Crippen MR) is 71.3 cm³/mol. The highest BCUT2D eigenvalue weighted by Gasteiger charge is 2.01. The molecule has 0 amide bonds. The molecule has 96 valence electrons. The van der Waals surface area contributed by atoms with E-state index in [1.54, 1.807) is 0 Å². The van der Waals surface area contributed by atoms with Gasteiger partial charge in [0.05, 0.1) is 17.3 Å². The van der Waals surface area contributed by atoms with Gasteiger partial charge < -0.3 is 17.7 Å². The lowest BCUT2D eigenvalue weighted by Gasteiger charge is -2.05. The average molecular weight is 283 g/mol. The van der Waals surface area contributed by atoms with Crippen LogP contribution in [-0.4, -0.2) is 6.54 Å². The third kappa shape index (κ3) is 4.21. The molecule has 1 N–H and O–H groups in total. The normalized spacial score (nSPS) is 9.67. The van der Waals surface area contributed by atoms with E-state index in [-0.39, 0.29) is 12.4 Å². The number of hydrogen-bond acceptors (Lipinski definition) is 1. The number of pyridine rings is 1. The minimum absolute atomic E-state index is 0. The van der Waals surface area contributed by atoms with Gasteiger partial charge in [0.25, 0.3) is 0 Å². The van der Waals surface area contributed by atoms with E-state index in [2.05, 4.69) is 41.3 Å². The Hall–Kier alpha value is -1.25. The molecule has 1 aromatic carbocycles. The molecule has 0 saturated carbocycles. The minimum Gasteiger partial charge on any atom is -1.00 e. The Morgan fingerprint density at radius 3 is 2.44 bits per heavy atom. The first-order valence-corrected chi connectivity index (χ1v) is 6.07. The Kier molecular flexibility index (Phi) is 5.96. The summed E-state index contributed by atoms with van der Waals surface area (Å²) in [4.78, 5) is 0. The van der Waals surface area contributed by atoms with Crippen LogP contribution >= 0.6 is 11.6 Å². The average Bonchev–Trinajstić information content (AvgIpc) is 2.34. The van der Waals surface area contributed by atoms with Gasteiger partial charge in [0.15, 0.2) is 18.9 Å². The summed E-state index contributed by atoms with van der Waals surface area (Å²) >= 11 is 6.06. The zero-order valence-electron chi connectivity index (χ0n) is 10.2. The minimum atomic E-state index is 0. The van der Waals surface area contributed by atoms with Crippen LogP contribution in [0.3, 0.4) is 0 Å². The van der Waals surface area contributed by atoms with Crippen molar-refractivity contribution < 1.29 is 17.0 Å². The quantitative estimate of drug-likeness (QED) is 0.784. The first-order chi connectivity index (χ1) is 8.25. The summed E-state index contributed by atoms with van der Waals surface area (Å²) in [5.41, 5.74) is 2.27. The number of benzene rings is 1. The fourth-order valence-corrected chi connectivity index (χ4v) is 1.81. The molecule has 0 spiro atoms. The van der Waals surface area contributed by atoms with E-state index < -0.39 is 0 Å². The van der Waals surface area contributed by atoms with Crippen molar-refractivity contribution >= 4 is 17.3 Å². The third-order valence-electron chi connectivity index (χ3n) is 2.62. The fraction of sp³-hybridized carbons (Fsp3) is 0.214. The lowest BCUT2D eigenvalue weighted by molar-refractivity contribution is -0.694. The second-order valence-corrected chi connectivity index (χ2v) is 4.43. The topological polar surface area (TPSA) is 15.9 Å². The SMILES string of the molecule is Cc1cc[n+](CCNc2ccccc2Cl)cc1.[Cl-]. The number of hydrogen-bond donors (Lipinski definition) is 1. The molecular weight excluding hydrogens is 267 g/mol. The van der Waals surface area contributed by atoms with Gasteiger partial charge in [-0.2, -0.15) is 0 Å². The standard InChI is InChI=1S/C14H16ClN2.ClH/c1-12-6-9-17(10-7-12)11-8-16-14-5-3-2-4-13(14)15;/h2-7,9-10,16H,8,11H2,1H3;1H/q+1;/p-1. The number of anilines is 1. The summed E-state index contributed by atoms with van der Waals surface area (Å²) in [6.07, 6.45) is 4.17. The highest BCUT2D eigenvalue weighted by atomic mass is 35.5. The van der Waals surface area contributed by atoms with Crippen molar-refractivity contribution in [2.75, 3.05) is 11.9 Å². The van der Waals surface area contributed by atoms with Crippen LogP contribution < -0.4 is 22.3 Å². The Morgan fingerprint density at radius 2 is 1.78 bits per heavy atom. The molecule has 4 heteroatoms. The van der Waals surface area contributed by atoms with Crippen molar-refractivity contribution in [2.45, 2.75) is 13.5 Å². The Bertz CT molecular complexity index is 483. The van der Waals surface area contributed by atoms with Crippen LogP contribution in [0.15, 0.2) is 48.8 Å². The summed E-state index contributed by atoms with van der Waals surface area (Å²) in [7, 11) is 0. The van der Waals surface area contributed by atoms with Crippen LogP contribution in [0.4, 0.5) is 5.69 Å². The van der Waals surface area contributed by atoms with E-state index >= 15 is 0 Å². The molecule has 0 aliphatic rings. The maximum absolute atomic E-state index is 6.06. The Morgan fingerprint density at radius 1 is 1.11 bits per heavy atom. The monoisotopic (exact) mass is 282 g/mol. The summed E-state index contributed by atoms with van der Waals surface area (Å²) < 4.78 is 2.15. The second kappa shape index (κ2) is 7.24. The molecule has 0 unspecified atom stereocenters. The number of para-hydroxylation sites is 1. The maximum atomic E-state index is 6.06. The fourth-order valence-electron chi connectivity index (χ4n) is 1.61. The molecule has 0 saturated heterocycles. The van der Waals surface area contributed by atoms with E-state index in [0.717, 1.165) is 23.8 Å². The van der Waals surface area contributed by atoms with Gasteiger partial charge >= 0.3 is 0 Å². The molecule has 0 aliphatic carbocycles. The number of nitrogens with one attached hydrogen (secondary N) is 1. The van der Waals surface area contributed by atoms with Gasteiger partial charge in [-0.1, -0.05) is 23.7 Å². The van der Waals surface area contributed by atoms with E-state index in [0.29, 0.717) is 0 Å². The van der Waals surface area contributed by atoms with Gasteiger partial charge in [-0.05, 0) is 24.6 Å². The van der Waals surface area contributed by atoms with E-state index in [9.17, 15) is 0 Å². The van der Waals surface area contributed by atoms with Gasteiger partial charge in [0.2, 0.25) is 0 Å². The summed E-state index contributed by atoms with van der Waals surface area (Å²) in [6.45, 7) is 3.87. The predicted octanol–water partition coefficient (Wildman–Crippen LogP) is 0.0520. The molecule has 2 aromatic rings. The Labute approximate surface area is 119 Å². The van der Waals surface area contributed by atoms with Gasteiger partial charge in [0, 0.05) is 12.1 Å². The molecule has 0 fully saturated rings. The Balaban J connectivity index is 0.00000162. The molecule has 0 radical (unpaired) electrons. The van der Waals surface area contributed by atoms with Gasteiger partial charge in [0.1, 0.15) is 0 Å². The van der Waals surface area contributed by atoms with Crippen LogP contribution in [0.5, 0.6) is 0 Å². The molecule has 0 atom stereocenters. The van der Waals surface area contributed by atoms with E-state index in [1.807, 2.05) is 24.3 Å². The van der Waals surface area contributed by atoms with Crippen molar-refractivity contribution in [2.24, 2.45) is 0 Å².